The Morgan fingerprint density at radius 3 is 2.29 bits per heavy atom. The van der Waals surface area contributed by atoms with E-state index >= 15 is 0 Å². The fourth-order valence-corrected chi connectivity index (χ4v) is 0.793. The summed E-state index contributed by atoms with van der Waals surface area (Å²) in [6, 6.07) is 0. The molecule has 1 heterocycles. The van der Waals surface area contributed by atoms with Crippen LogP contribution >= 0.6 is 0 Å². The molecular formula is C7H11F3N4. The smallest absolute Gasteiger partial charge is 0.324 e. The van der Waals surface area contributed by atoms with Crippen molar-refractivity contribution in [2.24, 2.45) is 5.73 Å². The van der Waals surface area contributed by atoms with Crippen LogP contribution in [0.25, 0.3) is 0 Å². The molecule has 14 heavy (non-hydrogen) atoms. The predicted molar refractivity (Wildman–Crippen MR) is 43.4 cm³/mol. The van der Waals surface area contributed by atoms with Gasteiger partial charge in [-0.3, -0.25) is 5.10 Å². The first kappa shape index (κ1) is 11.0. The summed E-state index contributed by atoms with van der Waals surface area (Å²) in [6.07, 6.45) is -4.37. The number of alkyl halides is 3. The molecule has 1 aromatic heterocycles. The second kappa shape index (κ2) is 3.23. The summed E-state index contributed by atoms with van der Waals surface area (Å²) in [7, 11) is 0. The minimum atomic E-state index is -4.37. The number of hydrogen-bond donors (Lipinski definition) is 2. The third-order valence-electron chi connectivity index (χ3n) is 1.99. The van der Waals surface area contributed by atoms with Crippen LogP contribution in [0, 0.1) is 0 Å². The highest BCUT2D eigenvalue weighted by Crippen LogP contribution is 2.38. The van der Waals surface area contributed by atoms with E-state index < -0.39 is 11.6 Å². The molecule has 80 valence electrons. The minimum Gasteiger partial charge on any atom is -0.324 e. The fraction of sp³-hybridized carbons (Fsp3) is 0.714. The molecule has 0 atom stereocenters. The maximum atomic E-state index is 12.5. The fourth-order valence-electron chi connectivity index (χ4n) is 0.793. The van der Waals surface area contributed by atoms with E-state index in [9.17, 15) is 13.2 Å². The Balaban J connectivity index is 3.04. The number of nitrogens with two attached hydrogens (primary N) is 1. The monoisotopic (exact) mass is 208 g/mol. The average molecular weight is 208 g/mol. The first-order chi connectivity index (χ1) is 6.29. The lowest BCUT2D eigenvalue weighted by molar-refractivity contribution is -0.182. The Kier molecular flexibility index (Phi) is 2.53. The Hall–Kier alpha value is -1.11. The molecule has 0 fully saturated rings. The second-order valence-corrected chi connectivity index (χ2v) is 3.43. The summed E-state index contributed by atoms with van der Waals surface area (Å²) >= 11 is 0. The van der Waals surface area contributed by atoms with Crippen LogP contribution in [-0.4, -0.2) is 21.4 Å². The number of aromatic amines is 1. The Labute approximate surface area is 78.7 Å². The Morgan fingerprint density at radius 2 is 1.93 bits per heavy atom. The van der Waals surface area contributed by atoms with Crippen LogP contribution in [0.2, 0.25) is 0 Å². The quantitative estimate of drug-likeness (QED) is 0.764. The van der Waals surface area contributed by atoms with Gasteiger partial charge in [-0.05, 0) is 13.8 Å². The summed E-state index contributed by atoms with van der Waals surface area (Å²) in [5.74, 6) is -0.0391. The standard InChI is InChI=1S/C7H11F3N4/c1-6(2,7(8,9)10)5-12-4(3-11)13-14-5/h3,11H2,1-2H3,(H,12,13,14). The largest absolute Gasteiger partial charge is 0.401 e. The molecule has 0 unspecified atom stereocenters. The van der Waals surface area contributed by atoms with Crippen molar-refractivity contribution in [2.45, 2.75) is 32.0 Å². The first-order valence-corrected chi connectivity index (χ1v) is 3.97. The molecule has 0 spiro atoms. The molecule has 0 saturated heterocycles. The highest BCUT2D eigenvalue weighted by molar-refractivity contribution is 5.07. The molecule has 0 aliphatic rings. The Morgan fingerprint density at radius 1 is 1.36 bits per heavy atom. The predicted octanol–water partition coefficient (Wildman–Crippen LogP) is 1.10. The van der Waals surface area contributed by atoms with Crippen LogP contribution in [0.1, 0.15) is 25.5 Å². The minimum absolute atomic E-state index is 0.0426. The van der Waals surface area contributed by atoms with E-state index in [2.05, 4.69) is 15.2 Å². The van der Waals surface area contributed by atoms with Gasteiger partial charge in [0.2, 0.25) is 0 Å². The van der Waals surface area contributed by atoms with E-state index in [1.807, 2.05) is 0 Å². The van der Waals surface area contributed by atoms with Crippen molar-refractivity contribution in [3.05, 3.63) is 11.6 Å². The van der Waals surface area contributed by atoms with Gasteiger partial charge in [-0.2, -0.15) is 18.3 Å². The highest BCUT2D eigenvalue weighted by Gasteiger charge is 2.51. The van der Waals surface area contributed by atoms with Crippen molar-refractivity contribution in [3.63, 3.8) is 0 Å². The lowest BCUT2D eigenvalue weighted by Crippen LogP contribution is -2.37. The summed E-state index contributed by atoms with van der Waals surface area (Å²) in [5, 5.41) is 5.84. The zero-order valence-electron chi connectivity index (χ0n) is 7.81. The van der Waals surface area contributed by atoms with Gasteiger partial charge in [0, 0.05) is 0 Å². The van der Waals surface area contributed by atoms with E-state index in [0.717, 1.165) is 13.8 Å². The molecule has 4 nitrogen and oxygen atoms in total. The number of rotatable bonds is 2. The molecule has 0 amide bonds. The number of hydrogen-bond acceptors (Lipinski definition) is 3. The summed E-state index contributed by atoms with van der Waals surface area (Å²) in [5.41, 5.74) is 3.14. The van der Waals surface area contributed by atoms with Gasteiger partial charge in [-0.1, -0.05) is 0 Å². The molecule has 0 aliphatic heterocycles. The molecule has 0 radical (unpaired) electrons. The van der Waals surface area contributed by atoms with Crippen LogP contribution in [0.5, 0.6) is 0 Å². The van der Waals surface area contributed by atoms with Crippen LogP contribution in [0.4, 0.5) is 13.2 Å². The molecule has 7 heteroatoms. The van der Waals surface area contributed by atoms with E-state index in [1.54, 1.807) is 0 Å². The maximum Gasteiger partial charge on any atom is 0.401 e. The van der Waals surface area contributed by atoms with Gasteiger partial charge >= 0.3 is 6.18 Å². The normalized spacial score (nSPS) is 13.3. The summed E-state index contributed by atoms with van der Waals surface area (Å²) in [4.78, 5) is 3.66. The van der Waals surface area contributed by atoms with Crippen LogP contribution in [-0.2, 0) is 12.0 Å². The van der Waals surface area contributed by atoms with Gasteiger partial charge in [0.25, 0.3) is 0 Å². The number of aromatic nitrogens is 3. The second-order valence-electron chi connectivity index (χ2n) is 3.43. The van der Waals surface area contributed by atoms with Crippen LogP contribution < -0.4 is 5.73 Å². The van der Waals surface area contributed by atoms with Gasteiger partial charge in [0.1, 0.15) is 11.2 Å². The van der Waals surface area contributed by atoms with Gasteiger partial charge in [0.15, 0.2) is 5.82 Å². The molecule has 0 saturated carbocycles. The van der Waals surface area contributed by atoms with Gasteiger partial charge in [0.05, 0.1) is 6.54 Å². The number of nitrogens with one attached hydrogen (secondary N) is 1. The highest BCUT2D eigenvalue weighted by atomic mass is 19.4. The SMILES string of the molecule is CC(C)(c1n[nH]c(CN)n1)C(F)(F)F. The van der Waals surface area contributed by atoms with Crippen molar-refractivity contribution in [1.82, 2.24) is 15.2 Å². The van der Waals surface area contributed by atoms with Crippen LogP contribution in [0.3, 0.4) is 0 Å². The topological polar surface area (TPSA) is 67.6 Å². The van der Waals surface area contributed by atoms with E-state index in [4.69, 9.17) is 5.73 Å². The van der Waals surface area contributed by atoms with E-state index in [1.165, 1.54) is 0 Å². The number of H-pyrrole nitrogens is 1. The van der Waals surface area contributed by atoms with Crippen molar-refractivity contribution in [1.29, 1.82) is 0 Å². The van der Waals surface area contributed by atoms with Crippen molar-refractivity contribution in [3.8, 4) is 0 Å². The average Bonchev–Trinajstić information content (AvgIpc) is 2.49. The number of halogens is 3. The zero-order valence-corrected chi connectivity index (χ0v) is 7.81. The molecule has 0 aromatic carbocycles. The molecule has 0 bridgehead atoms. The van der Waals surface area contributed by atoms with Crippen molar-refractivity contribution >= 4 is 0 Å². The van der Waals surface area contributed by atoms with Gasteiger partial charge in [-0.25, -0.2) is 4.98 Å². The zero-order chi connectivity index (χ0) is 11.0. The summed E-state index contributed by atoms with van der Waals surface area (Å²) in [6.45, 7) is 2.09. The first-order valence-electron chi connectivity index (χ1n) is 3.97. The lowest BCUT2D eigenvalue weighted by Gasteiger charge is -2.23. The molecule has 3 N–H and O–H groups in total. The van der Waals surface area contributed by atoms with Crippen molar-refractivity contribution in [2.75, 3.05) is 0 Å². The number of nitrogens with zero attached hydrogens (tertiary/aromatic N) is 2. The third-order valence-corrected chi connectivity index (χ3v) is 1.99. The van der Waals surface area contributed by atoms with Gasteiger partial charge < -0.3 is 5.73 Å². The molecule has 1 aromatic rings. The maximum absolute atomic E-state index is 12.5. The lowest BCUT2D eigenvalue weighted by atomic mass is 9.92. The van der Waals surface area contributed by atoms with E-state index in [0.29, 0.717) is 0 Å². The molecule has 1 rings (SSSR count). The Bertz CT molecular complexity index is 315. The summed E-state index contributed by atoms with van der Waals surface area (Å²) < 4.78 is 37.5. The van der Waals surface area contributed by atoms with E-state index in [-0.39, 0.29) is 18.2 Å². The third kappa shape index (κ3) is 1.72. The van der Waals surface area contributed by atoms with Crippen molar-refractivity contribution < 1.29 is 13.2 Å². The molecule has 0 aliphatic carbocycles. The van der Waals surface area contributed by atoms with Crippen LogP contribution in [0.15, 0.2) is 0 Å². The van der Waals surface area contributed by atoms with Gasteiger partial charge in [-0.15, -0.1) is 0 Å². The molecular weight excluding hydrogens is 197 g/mol.